The highest BCUT2D eigenvalue weighted by molar-refractivity contribution is 7.89. The smallest absolute Gasteiger partial charge is 0.321 e. The van der Waals surface area contributed by atoms with Gasteiger partial charge in [-0.05, 0) is 36.6 Å². The lowest BCUT2D eigenvalue weighted by Crippen LogP contribution is -2.34. The van der Waals surface area contributed by atoms with E-state index in [0.717, 1.165) is 23.3 Å². The number of carbonyl (C=O) groups excluding carboxylic acids is 2. The van der Waals surface area contributed by atoms with E-state index in [1.807, 2.05) is 35.9 Å². The minimum Gasteiger partial charge on any atom is -0.455 e. The minimum absolute atomic E-state index is 0.376. The van der Waals surface area contributed by atoms with Crippen LogP contribution < -0.4 is 10.0 Å². The first-order valence-corrected chi connectivity index (χ1v) is 9.99. The number of ether oxygens (including phenoxy) is 1. The molecule has 0 fully saturated rings. The number of amides is 1. The predicted octanol–water partition coefficient (Wildman–Crippen LogP) is 1.31. The molecule has 0 aliphatic rings. The molecule has 0 aliphatic heterocycles. The maximum atomic E-state index is 13.5. The van der Waals surface area contributed by atoms with Crippen molar-refractivity contribution in [1.29, 1.82) is 0 Å². The molecule has 7 nitrogen and oxygen atoms in total. The van der Waals surface area contributed by atoms with Gasteiger partial charge in [-0.1, -0.05) is 36.4 Å². The van der Waals surface area contributed by atoms with Gasteiger partial charge in [0, 0.05) is 6.54 Å². The molecule has 0 heterocycles. The van der Waals surface area contributed by atoms with E-state index in [2.05, 4.69) is 5.32 Å². The van der Waals surface area contributed by atoms with Gasteiger partial charge >= 0.3 is 5.97 Å². The number of carbonyl (C=O) groups is 2. The first-order valence-electron chi connectivity index (χ1n) is 8.50. The molecule has 1 amide bonds. The summed E-state index contributed by atoms with van der Waals surface area (Å²) < 4.78 is 44.1. The van der Waals surface area contributed by atoms with E-state index in [4.69, 9.17) is 4.74 Å². The Kier molecular flexibility index (Phi) is 7.65. The third kappa shape index (κ3) is 6.43. The number of sulfonamides is 1. The topological polar surface area (TPSA) is 102 Å². The fourth-order valence-electron chi connectivity index (χ4n) is 2.37. The number of nitrogens with one attached hydrogen (secondary N) is 2. The second-order valence-corrected chi connectivity index (χ2v) is 7.68. The Morgan fingerprint density at radius 3 is 2.46 bits per heavy atom. The summed E-state index contributed by atoms with van der Waals surface area (Å²) in [7, 11) is -4.20. The summed E-state index contributed by atoms with van der Waals surface area (Å²) in [5.41, 5.74) is 2.22. The molecule has 9 heteroatoms. The summed E-state index contributed by atoms with van der Waals surface area (Å²) >= 11 is 0. The van der Waals surface area contributed by atoms with Gasteiger partial charge in [0.1, 0.15) is 17.3 Å². The molecular formula is C19H21FN2O5S. The van der Waals surface area contributed by atoms with E-state index < -0.39 is 45.8 Å². The van der Waals surface area contributed by atoms with Crippen molar-refractivity contribution in [2.75, 3.05) is 19.7 Å². The van der Waals surface area contributed by atoms with Gasteiger partial charge in [-0.3, -0.25) is 9.59 Å². The number of hydrogen-bond acceptors (Lipinski definition) is 5. The monoisotopic (exact) mass is 408 g/mol. The Labute approximate surface area is 163 Å². The van der Waals surface area contributed by atoms with Gasteiger partial charge < -0.3 is 10.1 Å². The molecule has 2 N–H and O–H groups in total. The summed E-state index contributed by atoms with van der Waals surface area (Å²) in [4.78, 5) is 22.8. The Hall–Kier alpha value is -2.78. The second-order valence-electron chi connectivity index (χ2n) is 5.94. The molecule has 150 valence electrons. The van der Waals surface area contributed by atoms with Gasteiger partial charge in [0.15, 0.2) is 6.61 Å². The van der Waals surface area contributed by atoms with Gasteiger partial charge in [0.2, 0.25) is 10.0 Å². The summed E-state index contributed by atoms with van der Waals surface area (Å²) in [6.45, 7) is 1.10. The third-order valence-electron chi connectivity index (χ3n) is 3.87. The Bertz CT molecular complexity index is 947. The van der Waals surface area contributed by atoms with E-state index in [9.17, 15) is 22.4 Å². The summed E-state index contributed by atoms with van der Waals surface area (Å²) in [6, 6.07) is 12.5. The van der Waals surface area contributed by atoms with E-state index in [0.29, 0.717) is 13.0 Å². The van der Waals surface area contributed by atoms with Gasteiger partial charge in [-0.2, -0.15) is 4.72 Å². The highest BCUT2D eigenvalue weighted by Crippen LogP contribution is 2.12. The van der Waals surface area contributed by atoms with Gasteiger partial charge in [-0.25, -0.2) is 12.8 Å². The van der Waals surface area contributed by atoms with Crippen LogP contribution in [0.2, 0.25) is 0 Å². The number of hydrogen-bond donors (Lipinski definition) is 2. The van der Waals surface area contributed by atoms with E-state index in [1.54, 1.807) is 0 Å². The Balaban J connectivity index is 1.71. The third-order valence-corrected chi connectivity index (χ3v) is 5.31. The molecule has 0 saturated carbocycles. The fourth-order valence-corrected chi connectivity index (χ4v) is 3.42. The number of benzene rings is 2. The molecule has 2 aromatic rings. The molecule has 0 radical (unpaired) electrons. The van der Waals surface area contributed by atoms with Crippen LogP contribution >= 0.6 is 0 Å². The molecule has 0 aromatic heterocycles. The lowest BCUT2D eigenvalue weighted by Gasteiger charge is -2.09. The minimum atomic E-state index is -4.20. The van der Waals surface area contributed by atoms with Crippen molar-refractivity contribution < 1.29 is 27.1 Å². The zero-order valence-electron chi connectivity index (χ0n) is 15.3. The molecule has 0 bridgehead atoms. The first kappa shape index (κ1) is 21.5. The number of aryl methyl sites for hydroxylation is 1. The van der Waals surface area contributed by atoms with Crippen LogP contribution in [-0.2, 0) is 30.8 Å². The molecule has 0 unspecified atom stereocenters. The standard InChI is InChI=1S/C19H21FN2O5S/c1-14-6-2-3-7-15(14)10-11-21-18(23)13-27-19(24)12-22-28(25,26)17-9-5-4-8-16(17)20/h2-9,22H,10-13H2,1H3,(H,21,23). The van der Waals surface area contributed by atoms with Crippen LogP contribution in [0.15, 0.2) is 53.4 Å². The molecule has 0 atom stereocenters. The zero-order valence-corrected chi connectivity index (χ0v) is 16.1. The van der Waals surface area contributed by atoms with Gasteiger partial charge in [0.05, 0.1) is 0 Å². The van der Waals surface area contributed by atoms with E-state index in [-0.39, 0.29) is 0 Å². The maximum absolute atomic E-state index is 13.5. The van der Waals surface area contributed by atoms with Crippen molar-refractivity contribution in [3.05, 3.63) is 65.5 Å². The van der Waals surface area contributed by atoms with Crippen molar-refractivity contribution in [2.45, 2.75) is 18.2 Å². The summed E-state index contributed by atoms with van der Waals surface area (Å²) in [6.07, 6.45) is 0.634. The largest absolute Gasteiger partial charge is 0.455 e. The van der Waals surface area contributed by atoms with Crippen LogP contribution in [0.25, 0.3) is 0 Å². The highest BCUT2D eigenvalue weighted by Gasteiger charge is 2.20. The number of halogens is 1. The molecule has 28 heavy (non-hydrogen) atoms. The molecule has 2 aromatic carbocycles. The highest BCUT2D eigenvalue weighted by atomic mass is 32.2. The number of rotatable bonds is 9. The summed E-state index contributed by atoms with van der Waals surface area (Å²) in [5, 5.41) is 2.61. The van der Waals surface area contributed by atoms with E-state index >= 15 is 0 Å². The van der Waals surface area contributed by atoms with Crippen LogP contribution in [0.4, 0.5) is 4.39 Å². The summed E-state index contributed by atoms with van der Waals surface area (Å²) in [5.74, 6) is -2.38. The van der Waals surface area contributed by atoms with Crippen LogP contribution in [0.5, 0.6) is 0 Å². The van der Waals surface area contributed by atoms with E-state index in [1.165, 1.54) is 12.1 Å². The molecule has 2 rings (SSSR count). The van der Waals surface area contributed by atoms with Crippen molar-refractivity contribution in [3.8, 4) is 0 Å². The average Bonchev–Trinajstić information content (AvgIpc) is 2.66. The van der Waals surface area contributed by atoms with Crippen LogP contribution in [0.3, 0.4) is 0 Å². The molecule has 0 aliphatic carbocycles. The number of esters is 1. The zero-order chi connectivity index (χ0) is 20.6. The second kappa shape index (κ2) is 9.95. The fraction of sp³-hybridized carbons (Fsp3) is 0.263. The lowest BCUT2D eigenvalue weighted by atomic mass is 10.1. The van der Waals surface area contributed by atoms with Crippen molar-refractivity contribution in [1.82, 2.24) is 10.0 Å². The van der Waals surface area contributed by atoms with Crippen molar-refractivity contribution in [3.63, 3.8) is 0 Å². The normalized spacial score (nSPS) is 11.1. The Morgan fingerprint density at radius 1 is 1.07 bits per heavy atom. The quantitative estimate of drug-likeness (QED) is 0.610. The maximum Gasteiger partial charge on any atom is 0.321 e. The van der Waals surface area contributed by atoms with Crippen LogP contribution in [0.1, 0.15) is 11.1 Å². The van der Waals surface area contributed by atoms with Crippen molar-refractivity contribution >= 4 is 21.9 Å². The van der Waals surface area contributed by atoms with Crippen LogP contribution in [0, 0.1) is 12.7 Å². The lowest BCUT2D eigenvalue weighted by molar-refractivity contribution is -0.147. The average molecular weight is 408 g/mol. The van der Waals surface area contributed by atoms with Gasteiger partial charge in [0.25, 0.3) is 5.91 Å². The first-order chi connectivity index (χ1) is 13.3. The van der Waals surface area contributed by atoms with Crippen LogP contribution in [-0.4, -0.2) is 40.0 Å². The van der Waals surface area contributed by atoms with Crippen molar-refractivity contribution in [2.24, 2.45) is 0 Å². The molecular weight excluding hydrogens is 387 g/mol. The van der Waals surface area contributed by atoms with Gasteiger partial charge in [-0.15, -0.1) is 0 Å². The molecule has 0 saturated heterocycles. The SMILES string of the molecule is Cc1ccccc1CCNC(=O)COC(=O)CNS(=O)(=O)c1ccccc1F. The predicted molar refractivity (Wildman–Crippen MR) is 100 cm³/mol. The Morgan fingerprint density at radius 2 is 1.75 bits per heavy atom. The molecule has 0 spiro atoms.